The molecule has 0 saturated carbocycles. The van der Waals surface area contributed by atoms with Crippen molar-refractivity contribution in [1.82, 2.24) is 0 Å². The van der Waals surface area contributed by atoms with Crippen LogP contribution in [0.3, 0.4) is 0 Å². The number of nitrogens with zero attached hydrogens (tertiary/aromatic N) is 1. The molecule has 0 N–H and O–H groups in total. The van der Waals surface area contributed by atoms with E-state index in [1.165, 1.54) is 25.0 Å². The van der Waals surface area contributed by atoms with Gasteiger partial charge in [0.2, 0.25) is 0 Å². The summed E-state index contributed by atoms with van der Waals surface area (Å²) in [5.74, 6) is -1.59. The molecule has 1 amide bonds. The molecule has 0 aliphatic heterocycles. The molecule has 27 nitrogen and oxygen atoms in total. The van der Waals surface area contributed by atoms with Crippen LogP contribution in [0.1, 0.15) is 116 Å². The third-order valence-electron chi connectivity index (χ3n) is 16.1. The standard InChI is InChI=1S/C35H92O12Si11.C24H48O11.C12H14F3NO3S.K/c1-27-29-32-48(5,6)38-50(9,10)40-52(13,14)42-54(17,18)44-56(21,22)46-58(25,26)47-57(23,24)45-55(19,20)43-53(15,16)41-51(11,12)39-49(7,8)33-30-31-37-34(36)35(3,4)28-2;1-4-23(2)24(25)35-22-21-34-20-19-33-18-17-32-16-15-31-14-13-30-12-11-29-10-9-28-8-7-27-6-5-26-3;1-3-8(2)9-4-6-10(7-5-9)11(17)16-20(18,19)12(13,14)15;/h27-33H2,1-26H3;23H,4-22H2,1-3H3;4-8H,3H2,1-2H3,(H,16,17);/q;;;+1/p-1. The van der Waals surface area contributed by atoms with Gasteiger partial charge in [0.05, 0.1) is 136 Å². The van der Waals surface area contributed by atoms with Crippen LogP contribution in [-0.2, 0) is 113 Å². The van der Waals surface area contributed by atoms with Crippen LogP contribution < -0.4 is 51.4 Å². The molecule has 114 heavy (non-hydrogen) atoms. The molecule has 0 aliphatic carbocycles. The number of alkyl halides is 3. The molecule has 0 saturated heterocycles. The average molecular weight is 1870 g/mol. The molecule has 43 heteroatoms. The van der Waals surface area contributed by atoms with Crippen LogP contribution in [0.5, 0.6) is 0 Å². The normalized spacial score (nSPS) is 13.9. The topological polar surface area (TPSA) is 293 Å². The Morgan fingerprint density at radius 3 is 0.947 bits per heavy atom. The molecule has 670 valence electrons. The molecule has 1 aromatic carbocycles. The molecular weight excluding hydrogens is 1720 g/mol. The third-order valence-corrected chi connectivity index (χ3v) is 60.0. The van der Waals surface area contributed by atoms with Gasteiger partial charge >= 0.3 is 146 Å². The van der Waals surface area contributed by atoms with Gasteiger partial charge in [0.25, 0.3) is 0 Å². The van der Waals surface area contributed by atoms with E-state index in [1.807, 2.05) is 48.5 Å². The van der Waals surface area contributed by atoms with E-state index in [-0.39, 0.29) is 87.3 Å². The summed E-state index contributed by atoms with van der Waals surface area (Å²) in [5, 5.41) is 0. The number of benzene rings is 1. The maximum atomic E-state index is 12.4. The number of hydrogen-bond donors (Lipinski definition) is 0. The minimum atomic E-state index is -5.80. The van der Waals surface area contributed by atoms with E-state index in [1.54, 1.807) is 19.2 Å². The number of halogens is 3. The van der Waals surface area contributed by atoms with Crippen LogP contribution >= 0.6 is 0 Å². The number of ether oxygens (including phenoxy) is 11. The van der Waals surface area contributed by atoms with Gasteiger partial charge in [-0.2, -0.15) is 13.2 Å². The van der Waals surface area contributed by atoms with Crippen molar-refractivity contribution in [2.75, 3.05) is 133 Å². The molecule has 0 fully saturated rings. The zero-order valence-electron chi connectivity index (χ0n) is 76.2. The fourth-order valence-electron chi connectivity index (χ4n) is 11.7. The number of amides is 1. The first-order valence-corrected chi connectivity index (χ1v) is 72.8. The molecule has 0 spiro atoms. The van der Waals surface area contributed by atoms with Gasteiger partial charge in [0.15, 0.2) is 26.7 Å². The maximum Gasteiger partial charge on any atom is 1.00 e. The van der Waals surface area contributed by atoms with Crippen molar-refractivity contribution in [2.24, 2.45) is 11.3 Å². The number of carbonyl (C=O) groups excluding carboxylic acids is 3. The predicted octanol–water partition coefficient (Wildman–Crippen LogP) is 14.0. The molecule has 1 rings (SSSR count). The fourth-order valence-corrected chi connectivity index (χ4v) is 68.5. The van der Waals surface area contributed by atoms with Crippen molar-refractivity contribution in [3.63, 3.8) is 0 Å². The Morgan fingerprint density at radius 1 is 0.404 bits per heavy atom. The van der Waals surface area contributed by atoms with Gasteiger partial charge < -0.3 is 103 Å². The van der Waals surface area contributed by atoms with Crippen molar-refractivity contribution in [3.05, 3.63) is 40.1 Å². The number of methoxy groups -OCH3 is 1. The third kappa shape index (κ3) is 61.0. The monoisotopic (exact) mass is 1870 g/mol. The summed E-state index contributed by atoms with van der Waals surface area (Å²) in [5.41, 5.74) is -5.33. The second-order valence-corrected chi connectivity index (χ2v) is 76.3. The molecule has 0 aromatic heterocycles. The number of rotatable bonds is 62. The van der Waals surface area contributed by atoms with Gasteiger partial charge in [-0.25, -0.2) is 8.42 Å². The van der Waals surface area contributed by atoms with E-state index in [0.29, 0.717) is 119 Å². The minimum absolute atomic E-state index is 0. The molecule has 0 radical (unpaired) electrons. The summed E-state index contributed by atoms with van der Waals surface area (Å²) < 4.78 is 187. The van der Waals surface area contributed by atoms with E-state index in [0.717, 1.165) is 43.3 Å². The van der Waals surface area contributed by atoms with Gasteiger partial charge in [0, 0.05) is 7.11 Å². The zero-order chi connectivity index (χ0) is 87.5. The molecule has 0 heterocycles. The van der Waals surface area contributed by atoms with Crippen molar-refractivity contribution >= 4 is 122 Å². The Kier molecular flexibility index (Phi) is 59.7. The molecular formula is C71H153F3KNO26SSi11. The summed E-state index contributed by atoms with van der Waals surface area (Å²) in [6.07, 6.45) is 5.51. The van der Waals surface area contributed by atoms with E-state index >= 15 is 0 Å². The van der Waals surface area contributed by atoms with Crippen LogP contribution in [-0.4, -0.2) is 258 Å². The smallest absolute Gasteiger partial charge is 0.534 e. The summed E-state index contributed by atoms with van der Waals surface area (Å²) in [4.78, 5) is 35.3. The minimum Gasteiger partial charge on any atom is -0.534 e. The van der Waals surface area contributed by atoms with E-state index < -0.39 is 121 Å². The number of hydrogen-bond acceptors (Lipinski definition) is 26. The van der Waals surface area contributed by atoms with Crippen molar-refractivity contribution in [2.45, 2.75) is 261 Å². The molecule has 1 aromatic rings. The zero-order valence-corrected chi connectivity index (χ0v) is 91.1. The van der Waals surface area contributed by atoms with Gasteiger partial charge in [-0.3, -0.25) is 9.59 Å². The SMILES string of the molecule is CCC(C)C(=O)OCCOCCOCCOCCOCCOCCOCCOCCOCCOC.CCC(C)c1ccc(C(=O)[N-]S(=O)(=O)C(F)(F)F)cc1.CCCC[Si](C)(C)O[Si](C)(C)O[Si](C)(C)O[Si](C)(C)O[Si](C)(C)O[Si](C)(C)O[Si](C)(C)O[Si](C)(C)O[Si](C)(C)O[Si](C)(C)O[Si](C)(C)CCCOC(=O)C(C)(C)CC.[K+]. The Labute approximate surface area is 740 Å². The Bertz CT molecular complexity index is 2880. The predicted molar refractivity (Wildman–Crippen MR) is 464 cm³/mol. The van der Waals surface area contributed by atoms with Crippen LogP contribution in [0, 0.1) is 11.3 Å². The van der Waals surface area contributed by atoms with E-state index in [2.05, 4.69) is 156 Å². The van der Waals surface area contributed by atoms with Gasteiger partial charge in [-0.15, -0.1) is 0 Å². The number of carbonyl (C=O) groups is 3. The quantitative estimate of drug-likeness (QED) is 0.0332. The summed E-state index contributed by atoms with van der Waals surface area (Å²) >= 11 is 0. The Balaban J connectivity index is -0.00000184. The van der Waals surface area contributed by atoms with Crippen LogP contribution in [0.15, 0.2) is 24.3 Å². The molecule has 2 atom stereocenters. The second-order valence-electron chi connectivity index (χ2n) is 33.3. The maximum absolute atomic E-state index is 12.4. The summed E-state index contributed by atoms with van der Waals surface area (Å²) in [6, 6.07) is 7.67. The Morgan fingerprint density at radius 2 is 0.684 bits per heavy atom. The fraction of sp³-hybridized carbons (Fsp3) is 0.873. The summed E-state index contributed by atoms with van der Waals surface area (Å²) in [6.45, 7) is 71.7. The van der Waals surface area contributed by atoms with E-state index in [9.17, 15) is 36.0 Å². The van der Waals surface area contributed by atoms with Gasteiger partial charge in [0.1, 0.15) is 6.61 Å². The first kappa shape index (κ1) is 119. The van der Waals surface area contributed by atoms with Crippen molar-refractivity contribution in [1.29, 1.82) is 0 Å². The van der Waals surface area contributed by atoms with Crippen molar-refractivity contribution < 1.29 is 181 Å². The van der Waals surface area contributed by atoms with Gasteiger partial charge in [-0.05, 0) is 213 Å². The molecule has 2 unspecified atom stereocenters. The summed E-state index contributed by atoms with van der Waals surface area (Å²) in [7, 11) is -32.0. The first-order valence-electron chi connectivity index (χ1n) is 39.8. The Hall–Kier alpha value is 0.632. The van der Waals surface area contributed by atoms with Gasteiger partial charge in [-0.1, -0.05) is 78.6 Å². The van der Waals surface area contributed by atoms with Crippen LogP contribution in [0.4, 0.5) is 13.2 Å². The number of esters is 2. The molecule has 0 bridgehead atoms. The first-order chi connectivity index (χ1) is 51.6. The molecule has 0 aliphatic rings. The number of unbranched alkanes of at least 4 members (excludes halogenated alkanes) is 1. The average Bonchev–Trinajstić information content (AvgIpc) is 0.805. The number of sulfonamides is 1. The van der Waals surface area contributed by atoms with E-state index in [4.69, 9.17) is 93.3 Å². The van der Waals surface area contributed by atoms with Crippen LogP contribution in [0.25, 0.3) is 4.72 Å². The largest absolute Gasteiger partial charge is 1.00 e. The van der Waals surface area contributed by atoms with Crippen LogP contribution in [0.2, 0.25) is 156 Å². The van der Waals surface area contributed by atoms with Crippen molar-refractivity contribution in [3.8, 4) is 0 Å². The second kappa shape index (κ2) is 57.3.